The minimum Gasteiger partial charge on any atom is -0.206 e. The molecule has 0 unspecified atom stereocenters. The Labute approximate surface area is 200 Å². The molecule has 3 heteroatoms. The van der Waals surface area contributed by atoms with Gasteiger partial charge in [0.1, 0.15) is 11.6 Å². The van der Waals surface area contributed by atoms with Gasteiger partial charge in [0, 0.05) is 10.9 Å². The Hall–Kier alpha value is -2.71. The summed E-state index contributed by atoms with van der Waals surface area (Å²) in [5, 5.41) is 1.43. The average Bonchev–Trinajstić information content (AvgIpc) is 2.83. The van der Waals surface area contributed by atoms with Crippen molar-refractivity contribution in [3.63, 3.8) is 0 Å². The molecule has 0 fully saturated rings. The van der Waals surface area contributed by atoms with E-state index in [4.69, 9.17) is 11.6 Å². The minimum absolute atomic E-state index is 0.0335. The molecular weight excluding hydrogens is 434 g/mol. The molecule has 170 valence electrons. The molecule has 0 aliphatic rings. The number of aryl methyl sites for hydroxylation is 3. The molecule has 4 aromatic rings. The maximum atomic E-state index is 15.2. The van der Waals surface area contributed by atoms with Crippen LogP contribution in [-0.4, -0.2) is 0 Å². The molecule has 0 atom stereocenters. The lowest BCUT2D eigenvalue weighted by Crippen LogP contribution is -1.94. The summed E-state index contributed by atoms with van der Waals surface area (Å²) in [4.78, 5) is 0. The molecule has 0 aromatic heterocycles. The highest BCUT2D eigenvalue weighted by Gasteiger charge is 2.12. The van der Waals surface area contributed by atoms with Crippen molar-refractivity contribution in [2.45, 2.75) is 51.9 Å². The van der Waals surface area contributed by atoms with Gasteiger partial charge in [-0.1, -0.05) is 98.5 Å². The Bertz CT molecular complexity index is 1230. The average molecular weight is 463 g/mol. The van der Waals surface area contributed by atoms with E-state index in [1.54, 1.807) is 12.1 Å². The van der Waals surface area contributed by atoms with E-state index in [2.05, 4.69) is 31.2 Å². The predicted octanol–water partition coefficient (Wildman–Crippen LogP) is 9.35. The maximum Gasteiger partial charge on any atom is 0.142 e. The van der Waals surface area contributed by atoms with Crippen molar-refractivity contribution in [3.8, 4) is 11.1 Å². The predicted molar refractivity (Wildman–Crippen MR) is 136 cm³/mol. The first-order valence-electron chi connectivity index (χ1n) is 11.8. The smallest absolute Gasteiger partial charge is 0.142 e. The second-order valence-electron chi connectivity index (χ2n) is 8.74. The van der Waals surface area contributed by atoms with Gasteiger partial charge in [-0.3, -0.25) is 0 Å². The minimum atomic E-state index is -0.548. The molecule has 0 radical (unpaired) electrons. The molecule has 0 saturated heterocycles. The Balaban J connectivity index is 1.43. The van der Waals surface area contributed by atoms with Crippen molar-refractivity contribution in [1.29, 1.82) is 0 Å². The zero-order chi connectivity index (χ0) is 23.2. The molecule has 0 N–H and O–H groups in total. The fraction of sp³-hybridized carbons (Fsp3) is 0.267. The molecular formula is C30H29ClF2. The van der Waals surface area contributed by atoms with Crippen molar-refractivity contribution in [3.05, 3.63) is 106 Å². The molecule has 4 rings (SSSR count). The molecule has 4 aromatic carbocycles. The standard InChI is InChI=1S/C30H29ClF2/c1-2-3-4-5-6-21-7-9-22(10-8-21)11-12-23-13-16-26-24(19-23)14-17-27(30(26)33)25-15-18-28(31)29(32)20-25/h7-10,13-20H,2-6,11-12H2,1H3. The highest BCUT2D eigenvalue weighted by atomic mass is 35.5. The number of unbranched alkanes of at least 4 members (excludes halogenated alkanes) is 3. The van der Waals surface area contributed by atoms with Crippen molar-refractivity contribution in [2.75, 3.05) is 0 Å². The lowest BCUT2D eigenvalue weighted by atomic mass is 9.96. The zero-order valence-electron chi connectivity index (χ0n) is 19.0. The van der Waals surface area contributed by atoms with Gasteiger partial charge in [-0.2, -0.15) is 0 Å². The third-order valence-electron chi connectivity index (χ3n) is 6.29. The first-order chi connectivity index (χ1) is 16.0. The van der Waals surface area contributed by atoms with Crippen molar-refractivity contribution >= 4 is 22.4 Å². The first-order valence-corrected chi connectivity index (χ1v) is 12.2. The molecule has 0 nitrogen and oxygen atoms in total. The lowest BCUT2D eigenvalue weighted by Gasteiger charge is -2.10. The van der Waals surface area contributed by atoms with Gasteiger partial charge in [0.25, 0.3) is 0 Å². The second kappa shape index (κ2) is 10.9. The Morgan fingerprint density at radius 3 is 2.09 bits per heavy atom. The largest absolute Gasteiger partial charge is 0.206 e. The van der Waals surface area contributed by atoms with Gasteiger partial charge in [0.15, 0.2) is 0 Å². The number of benzene rings is 4. The van der Waals surface area contributed by atoms with Crippen molar-refractivity contribution in [1.82, 2.24) is 0 Å². The van der Waals surface area contributed by atoms with Crippen LogP contribution in [0, 0.1) is 11.6 Å². The van der Waals surface area contributed by atoms with E-state index in [0.717, 1.165) is 24.6 Å². The summed E-state index contributed by atoms with van der Waals surface area (Å²) in [6.45, 7) is 2.24. The van der Waals surface area contributed by atoms with E-state index in [0.29, 0.717) is 16.5 Å². The first kappa shape index (κ1) is 23.4. The molecule has 0 amide bonds. The SMILES string of the molecule is CCCCCCc1ccc(CCc2ccc3c(F)c(-c4ccc(Cl)c(F)c4)ccc3c2)cc1. The summed E-state index contributed by atoms with van der Waals surface area (Å²) < 4.78 is 29.0. The molecule has 0 heterocycles. The van der Waals surface area contributed by atoms with Crippen molar-refractivity contribution in [2.24, 2.45) is 0 Å². The Kier molecular flexibility index (Phi) is 7.77. The third kappa shape index (κ3) is 5.81. The van der Waals surface area contributed by atoms with E-state index in [1.165, 1.54) is 54.5 Å². The van der Waals surface area contributed by atoms with Crippen LogP contribution in [0.4, 0.5) is 8.78 Å². The van der Waals surface area contributed by atoms with Crippen LogP contribution in [0.1, 0.15) is 49.3 Å². The normalized spacial score (nSPS) is 11.3. The van der Waals surface area contributed by atoms with E-state index >= 15 is 4.39 Å². The molecule has 0 aliphatic heterocycles. The molecule has 0 aliphatic carbocycles. The zero-order valence-corrected chi connectivity index (χ0v) is 19.8. The molecule has 0 bridgehead atoms. The van der Waals surface area contributed by atoms with Gasteiger partial charge < -0.3 is 0 Å². The van der Waals surface area contributed by atoms with Crippen LogP contribution in [0.3, 0.4) is 0 Å². The van der Waals surface area contributed by atoms with Crippen LogP contribution in [0.5, 0.6) is 0 Å². The summed E-state index contributed by atoms with van der Waals surface area (Å²) in [7, 11) is 0. The van der Waals surface area contributed by atoms with Gasteiger partial charge in [0.2, 0.25) is 0 Å². The fourth-order valence-corrected chi connectivity index (χ4v) is 4.42. The number of hydrogen-bond acceptors (Lipinski definition) is 0. The number of rotatable bonds is 9. The summed E-state index contributed by atoms with van der Waals surface area (Å²) in [6, 6.07) is 22.8. The molecule has 0 spiro atoms. The highest BCUT2D eigenvalue weighted by molar-refractivity contribution is 6.30. The molecule has 33 heavy (non-hydrogen) atoms. The van der Waals surface area contributed by atoms with Gasteiger partial charge in [-0.15, -0.1) is 0 Å². The van der Waals surface area contributed by atoms with Gasteiger partial charge in [-0.25, -0.2) is 8.78 Å². The summed E-state index contributed by atoms with van der Waals surface area (Å²) in [5.41, 5.74) is 4.76. The van der Waals surface area contributed by atoms with Gasteiger partial charge >= 0.3 is 0 Å². The third-order valence-corrected chi connectivity index (χ3v) is 6.60. The Morgan fingerprint density at radius 1 is 0.667 bits per heavy atom. The number of fused-ring (bicyclic) bond motifs is 1. The van der Waals surface area contributed by atoms with Crippen LogP contribution < -0.4 is 0 Å². The van der Waals surface area contributed by atoms with Crippen LogP contribution in [0.15, 0.2) is 72.8 Å². The van der Waals surface area contributed by atoms with Gasteiger partial charge in [-0.05, 0) is 65.5 Å². The number of halogens is 3. The monoisotopic (exact) mass is 462 g/mol. The van der Waals surface area contributed by atoms with E-state index < -0.39 is 5.82 Å². The number of hydrogen-bond donors (Lipinski definition) is 0. The highest BCUT2D eigenvalue weighted by Crippen LogP contribution is 2.31. The van der Waals surface area contributed by atoms with Crippen LogP contribution in [0.25, 0.3) is 21.9 Å². The van der Waals surface area contributed by atoms with E-state index in [1.807, 2.05) is 24.3 Å². The topological polar surface area (TPSA) is 0 Å². The van der Waals surface area contributed by atoms with Crippen LogP contribution in [-0.2, 0) is 19.3 Å². The Morgan fingerprint density at radius 2 is 1.36 bits per heavy atom. The summed E-state index contributed by atoms with van der Waals surface area (Å²) in [5.74, 6) is -0.885. The second-order valence-corrected chi connectivity index (χ2v) is 9.15. The summed E-state index contributed by atoms with van der Waals surface area (Å²) >= 11 is 5.76. The lowest BCUT2D eigenvalue weighted by molar-refractivity contribution is 0.627. The van der Waals surface area contributed by atoms with Crippen LogP contribution >= 0.6 is 11.6 Å². The fourth-order valence-electron chi connectivity index (χ4n) is 4.30. The van der Waals surface area contributed by atoms with Crippen molar-refractivity contribution < 1.29 is 8.78 Å². The van der Waals surface area contributed by atoms with E-state index in [-0.39, 0.29) is 10.8 Å². The van der Waals surface area contributed by atoms with Gasteiger partial charge in [0.05, 0.1) is 5.02 Å². The quantitative estimate of drug-likeness (QED) is 0.217. The molecule has 0 saturated carbocycles. The van der Waals surface area contributed by atoms with Crippen LogP contribution in [0.2, 0.25) is 5.02 Å². The summed E-state index contributed by atoms with van der Waals surface area (Å²) in [6.07, 6.45) is 8.15. The maximum absolute atomic E-state index is 15.2. The van der Waals surface area contributed by atoms with E-state index in [9.17, 15) is 4.39 Å².